The van der Waals surface area contributed by atoms with Gasteiger partial charge in [-0.05, 0) is 31.1 Å². The summed E-state index contributed by atoms with van der Waals surface area (Å²) in [5, 5.41) is 0. The number of nitrogens with zero attached hydrogens (tertiary/aromatic N) is 1. The molecule has 2 bridgehead atoms. The minimum Gasteiger partial charge on any atom is -0.331 e. The number of quaternary nitrogens is 1. The van der Waals surface area contributed by atoms with E-state index in [0.29, 0.717) is 23.8 Å². The highest BCUT2D eigenvalue weighted by atomic mass is 16.2. The first-order chi connectivity index (χ1) is 13.8. The van der Waals surface area contributed by atoms with Crippen LogP contribution in [0.3, 0.4) is 0 Å². The molecule has 2 aromatic rings. The summed E-state index contributed by atoms with van der Waals surface area (Å²) in [6.45, 7) is 3.86. The van der Waals surface area contributed by atoms with Gasteiger partial charge in [-0.15, -0.1) is 0 Å². The number of fused-ring (bicyclic) bond motifs is 2. The first-order valence-corrected chi connectivity index (χ1v) is 11.0. The Morgan fingerprint density at radius 3 is 1.96 bits per heavy atom. The molecule has 5 rings (SSSR count). The van der Waals surface area contributed by atoms with E-state index in [1.165, 1.54) is 30.4 Å². The lowest BCUT2D eigenvalue weighted by molar-refractivity contribution is -0.929. The molecule has 1 heterocycles. The normalized spacial score (nSPS) is 27.5. The zero-order chi connectivity index (χ0) is 18.9. The summed E-state index contributed by atoms with van der Waals surface area (Å²) in [7, 11) is 0. The molecule has 1 amide bonds. The predicted octanol–water partition coefficient (Wildman–Crippen LogP) is 2.94. The Balaban J connectivity index is 1.29. The fourth-order valence-electron chi connectivity index (χ4n) is 6.04. The molecule has 146 valence electrons. The second kappa shape index (κ2) is 7.71. The molecule has 0 unspecified atom stereocenters. The largest absolute Gasteiger partial charge is 0.331 e. The van der Waals surface area contributed by atoms with Gasteiger partial charge in [0.2, 0.25) is 5.91 Å². The number of amides is 1. The minimum atomic E-state index is 0.333. The number of carbonyl (C=O) groups excluding carboxylic acids is 1. The third kappa shape index (κ3) is 3.37. The van der Waals surface area contributed by atoms with E-state index in [1.54, 1.807) is 4.90 Å². The zero-order valence-corrected chi connectivity index (χ0v) is 16.6. The Labute approximate surface area is 168 Å². The maximum atomic E-state index is 13.1. The zero-order valence-electron chi connectivity index (χ0n) is 16.6. The van der Waals surface area contributed by atoms with Crippen LogP contribution < -0.4 is 4.90 Å². The standard InChI is InChI=1S/C25H30N2O/c28-25(23-18-19-11-12-22(23)17-19)27-15-13-26(14-16-27)24(20-7-3-1-4-8-20)21-9-5-2-6-10-21/h1-10,19,22-24H,11-18H2/p+1/t19-,22+,23+/m0/s1. The summed E-state index contributed by atoms with van der Waals surface area (Å²) in [5.74, 6) is 2.32. The number of benzene rings is 2. The topological polar surface area (TPSA) is 24.8 Å². The van der Waals surface area contributed by atoms with Crippen LogP contribution in [0.5, 0.6) is 0 Å². The molecule has 2 aliphatic carbocycles. The van der Waals surface area contributed by atoms with Crippen molar-refractivity contribution in [1.29, 1.82) is 0 Å². The maximum absolute atomic E-state index is 13.1. The number of hydrogen-bond acceptors (Lipinski definition) is 1. The summed E-state index contributed by atoms with van der Waals surface area (Å²) in [6.07, 6.45) is 5.12. The number of carbonyl (C=O) groups is 1. The SMILES string of the molecule is O=C([C@@H]1C[C@H]2CC[C@@H]1C2)N1CC[NH+](C(c2ccccc2)c2ccccc2)CC1. The quantitative estimate of drug-likeness (QED) is 0.873. The number of nitrogens with one attached hydrogen (secondary N) is 1. The number of hydrogen-bond donors (Lipinski definition) is 1. The van der Waals surface area contributed by atoms with Crippen molar-refractivity contribution >= 4 is 5.91 Å². The fourth-order valence-corrected chi connectivity index (χ4v) is 6.04. The third-order valence-electron chi connectivity index (χ3n) is 7.45. The first-order valence-electron chi connectivity index (χ1n) is 11.0. The molecule has 1 saturated heterocycles. The minimum absolute atomic E-state index is 0.333. The first kappa shape index (κ1) is 17.9. The van der Waals surface area contributed by atoms with E-state index < -0.39 is 0 Å². The molecule has 2 aromatic carbocycles. The lowest BCUT2D eigenvalue weighted by atomic mass is 9.87. The van der Waals surface area contributed by atoms with E-state index in [9.17, 15) is 4.79 Å². The monoisotopic (exact) mass is 375 g/mol. The summed E-state index contributed by atoms with van der Waals surface area (Å²) < 4.78 is 0. The van der Waals surface area contributed by atoms with Crippen LogP contribution in [0.25, 0.3) is 0 Å². The van der Waals surface area contributed by atoms with Crippen LogP contribution in [0.15, 0.2) is 60.7 Å². The lowest BCUT2D eigenvalue weighted by Crippen LogP contribution is -3.15. The van der Waals surface area contributed by atoms with Gasteiger partial charge >= 0.3 is 0 Å². The van der Waals surface area contributed by atoms with Gasteiger partial charge in [0.15, 0.2) is 0 Å². The van der Waals surface area contributed by atoms with Crippen LogP contribution in [0, 0.1) is 17.8 Å². The molecule has 3 nitrogen and oxygen atoms in total. The Morgan fingerprint density at radius 2 is 1.46 bits per heavy atom. The molecule has 0 radical (unpaired) electrons. The highest BCUT2D eigenvalue weighted by molar-refractivity contribution is 5.79. The van der Waals surface area contributed by atoms with E-state index >= 15 is 0 Å². The maximum Gasteiger partial charge on any atom is 0.226 e. The van der Waals surface area contributed by atoms with Crippen molar-refractivity contribution in [2.24, 2.45) is 17.8 Å². The Kier molecular flexibility index (Phi) is 4.94. The molecule has 3 heteroatoms. The third-order valence-corrected chi connectivity index (χ3v) is 7.45. The Bertz CT molecular complexity index is 758. The van der Waals surface area contributed by atoms with Crippen LogP contribution in [0.1, 0.15) is 42.9 Å². The molecule has 3 fully saturated rings. The van der Waals surface area contributed by atoms with E-state index in [1.807, 2.05) is 0 Å². The van der Waals surface area contributed by atoms with Crippen LogP contribution >= 0.6 is 0 Å². The molecular formula is C25H31N2O+. The van der Waals surface area contributed by atoms with Crippen LogP contribution in [-0.4, -0.2) is 37.0 Å². The van der Waals surface area contributed by atoms with Crippen LogP contribution in [0.4, 0.5) is 0 Å². The average Bonchev–Trinajstić information content (AvgIpc) is 3.39. The van der Waals surface area contributed by atoms with Gasteiger partial charge in [0.05, 0.1) is 26.2 Å². The second-order valence-corrected chi connectivity index (χ2v) is 9.02. The van der Waals surface area contributed by atoms with Gasteiger partial charge in [0, 0.05) is 17.0 Å². The van der Waals surface area contributed by atoms with Crippen molar-refractivity contribution in [2.45, 2.75) is 31.7 Å². The van der Waals surface area contributed by atoms with Crippen molar-refractivity contribution in [2.75, 3.05) is 26.2 Å². The number of rotatable bonds is 4. The van der Waals surface area contributed by atoms with Gasteiger partial charge in [-0.2, -0.15) is 0 Å². The molecule has 3 atom stereocenters. The molecule has 0 aromatic heterocycles. The van der Waals surface area contributed by atoms with Crippen molar-refractivity contribution in [1.82, 2.24) is 4.90 Å². The van der Waals surface area contributed by atoms with Crippen molar-refractivity contribution in [3.8, 4) is 0 Å². The summed E-state index contributed by atoms with van der Waals surface area (Å²) >= 11 is 0. The van der Waals surface area contributed by atoms with E-state index in [2.05, 4.69) is 65.6 Å². The molecule has 28 heavy (non-hydrogen) atoms. The van der Waals surface area contributed by atoms with Crippen LogP contribution in [-0.2, 0) is 4.79 Å². The van der Waals surface area contributed by atoms with Gasteiger partial charge in [0.1, 0.15) is 6.04 Å². The smallest absolute Gasteiger partial charge is 0.226 e. The number of piperazine rings is 1. The fraction of sp³-hybridized carbons (Fsp3) is 0.480. The Morgan fingerprint density at radius 1 is 0.857 bits per heavy atom. The van der Waals surface area contributed by atoms with Gasteiger partial charge in [-0.25, -0.2) is 0 Å². The van der Waals surface area contributed by atoms with E-state index in [4.69, 9.17) is 0 Å². The highest BCUT2D eigenvalue weighted by Crippen LogP contribution is 2.48. The second-order valence-electron chi connectivity index (χ2n) is 9.02. The molecule has 1 N–H and O–H groups in total. The molecule has 2 saturated carbocycles. The Hall–Kier alpha value is -2.13. The molecular weight excluding hydrogens is 344 g/mol. The molecule has 1 aliphatic heterocycles. The summed E-state index contributed by atoms with van der Waals surface area (Å²) in [5.41, 5.74) is 2.74. The van der Waals surface area contributed by atoms with Gasteiger partial charge in [-0.3, -0.25) is 4.79 Å². The summed E-state index contributed by atoms with van der Waals surface area (Å²) in [6, 6.07) is 22.1. The van der Waals surface area contributed by atoms with Crippen molar-refractivity contribution in [3.05, 3.63) is 71.8 Å². The van der Waals surface area contributed by atoms with E-state index in [0.717, 1.165) is 38.5 Å². The highest BCUT2D eigenvalue weighted by Gasteiger charge is 2.45. The molecule has 3 aliphatic rings. The summed E-state index contributed by atoms with van der Waals surface area (Å²) in [4.78, 5) is 16.9. The van der Waals surface area contributed by atoms with Crippen molar-refractivity contribution in [3.63, 3.8) is 0 Å². The lowest BCUT2D eigenvalue weighted by Gasteiger charge is -2.38. The van der Waals surface area contributed by atoms with Gasteiger partial charge in [0.25, 0.3) is 0 Å². The van der Waals surface area contributed by atoms with E-state index in [-0.39, 0.29) is 0 Å². The molecule has 0 spiro atoms. The van der Waals surface area contributed by atoms with Gasteiger partial charge in [-0.1, -0.05) is 67.1 Å². The van der Waals surface area contributed by atoms with Crippen LogP contribution in [0.2, 0.25) is 0 Å². The van der Waals surface area contributed by atoms with Crippen molar-refractivity contribution < 1.29 is 9.69 Å². The van der Waals surface area contributed by atoms with Gasteiger partial charge < -0.3 is 9.80 Å². The average molecular weight is 376 g/mol. The predicted molar refractivity (Wildman–Crippen MR) is 111 cm³/mol.